The average molecular weight is 406 g/mol. The van der Waals surface area contributed by atoms with Gasteiger partial charge in [-0.1, -0.05) is 18.2 Å². The minimum absolute atomic E-state index is 0.0860. The number of methoxy groups -OCH3 is 2. The lowest BCUT2D eigenvalue weighted by Gasteiger charge is -2.17. The van der Waals surface area contributed by atoms with Gasteiger partial charge in [0.1, 0.15) is 5.92 Å². The molecule has 0 heterocycles. The molecule has 0 aliphatic heterocycles. The highest BCUT2D eigenvalue weighted by molar-refractivity contribution is 7.90. The minimum atomic E-state index is -3.39. The molecule has 0 N–H and O–H groups in total. The molecule has 2 aromatic carbocycles. The molecular weight excluding hydrogens is 384 g/mol. The molecule has 0 aliphatic rings. The molecule has 0 aliphatic carbocycles. The number of hydrogen-bond acceptors (Lipinski definition) is 7. The molecule has 0 fully saturated rings. The molecule has 0 bridgehead atoms. The number of rotatable bonds is 8. The quantitative estimate of drug-likeness (QED) is 0.378. The van der Waals surface area contributed by atoms with Gasteiger partial charge in [-0.25, -0.2) is 8.42 Å². The van der Waals surface area contributed by atoms with Gasteiger partial charge in [-0.2, -0.15) is 0 Å². The molecule has 7 nitrogen and oxygen atoms in total. The van der Waals surface area contributed by atoms with Gasteiger partial charge in [-0.15, -0.1) is 0 Å². The van der Waals surface area contributed by atoms with Crippen molar-refractivity contribution >= 4 is 21.6 Å². The summed E-state index contributed by atoms with van der Waals surface area (Å²) in [6, 6.07) is 10.2. The summed E-state index contributed by atoms with van der Waals surface area (Å²) in [4.78, 5) is 25.7. The Kier molecular flexibility index (Phi) is 6.80. The summed E-state index contributed by atoms with van der Waals surface area (Å²) in [6.45, 7) is 1.76. The third kappa shape index (κ3) is 4.69. The first-order valence-corrected chi connectivity index (χ1v) is 10.3. The van der Waals surface area contributed by atoms with E-state index in [1.54, 1.807) is 25.1 Å². The third-order valence-electron chi connectivity index (χ3n) is 4.09. The van der Waals surface area contributed by atoms with Crippen molar-refractivity contribution < 1.29 is 32.2 Å². The van der Waals surface area contributed by atoms with E-state index < -0.39 is 27.5 Å². The predicted molar refractivity (Wildman–Crippen MR) is 103 cm³/mol. The summed E-state index contributed by atoms with van der Waals surface area (Å²) < 4.78 is 38.7. The molecule has 2 aromatic rings. The van der Waals surface area contributed by atoms with E-state index in [-0.39, 0.29) is 17.1 Å². The maximum atomic E-state index is 13.1. The molecule has 0 saturated carbocycles. The number of Topliss-reactive ketones (excluding diaryl/α,β-unsaturated/α-hetero) is 1. The second-order valence-electron chi connectivity index (χ2n) is 5.96. The van der Waals surface area contributed by atoms with Crippen molar-refractivity contribution in [3.8, 4) is 11.5 Å². The molecule has 8 heteroatoms. The molecule has 0 aromatic heterocycles. The van der Waals surface area contributed by atoms with Gasteiger partial charge in [0.25, 0.3) is 0 Å². The Labute approximate surface area is 164 Å². The van der Waals surface area contributed by atoms with Gasteiger partial charge in [0.2, 0.25) is 0 Å². The molecule has 1 unspecified atom stereocenters. The Morgan fingerprint density at radius 3 is 2.07 bits per heavy atom. The van der Waals surface area contributed by atoms with Crippen LogP contribution in [-0.2, 0) is 19.4 Å². The Balaban J connectivity index is 2.49. The van der Waals surface area contributed by atoms with Crippen LogP contribution < -0.4 is 9.47 Å². The largest absolute Gasteiger partial charge is 0.493 e. The van der Waals surface area contributed by atoms with E-state index in [0.717, 1.165) is 6.26 Å². The van der Waals surface area contributed by atoms with Gasteiger partial charge in [-0.05, 0) is 36.8 Å². The maximum Gasteiger partial charge on any atom is 0.321 e. The van der Waals surface area contributed by atoms with Crippen molar-refractivity contribution in [1.29, 1.82) is 0 Å². The minimum Gasteiger partial charge on any atom is -0.493 e. The summed E-state index contributed by atoms with van der Waals surface area (Å²) in [7, 11) is -0.461. The maximum absolute atomic E-state index is 13.1. The van der Waals surface area contributed by atoms with E-state index in [0.29, 0.717) is 17.1 Å². The first kappa shape index (κ1) is 21.4. The second kappa shape index (κ2) is 8.88. The molecule has 0 radical (unpaired) electrons. The molecule has 0 saturated heterocycles. The summed E-state index contributed by atoms with van der Waals surface area (Å²) >= 11 is 0. The van der Waals surface area contributed by atoms with Gasteiger partial charge >= 0.3 is 5.97 Å². The highest BCUT2D eigenvalue weighted by Gasteiger charge is 2.31. The third-order valence-corrected chi connectivity index (χ3v) is 5.22. The van der Waals surface area contributed by atoms with Crippen molar-refractivity contribution in [3.63, 3.8) is 0 Å². The highest BCUT2D eigenvalue weighted by Crippen LogP contribution is 2.32. The molecule has 0 amide bonds. The first-order valence-electron chi connectivity index (χ1n) is 8.45. The molecular formula is C20H22O7S. The van der Waals surface area contributed by atoms with Gasteiger partial charge in [0.05, 0.1) is 25.7 Å². The Morgan fingerprint density at radius 2 is 1.57 bits per heavy atom. The number of esters is 1. The highest BCUT2D eigenvalue weighted by atomic mass is 32.2. The van der Waals surface area contributed by atoms with E-state index in [1.165, 1.54) is 38.5 Å². The van der Waals surface area contributed by atoms with E-state index >= 15 is 0 Å². The zero-order valence-electron chi connectivity index (χ0n) is 16.1. The van der Waals surface area contributed by atoms with Gasteiger partial charge in [-0.3, -0.25) is 9.59 Å². The fourth-order valence-electron chi connectivity index (χ4n) is 2.69. The summed E-state index contributed by atoms with van der Waals surface area (Å²) in [5, 5.41) is 0. The Bertz CT molecular complexity index is 963. The smallest absolute Gasteiger partial charge is 0.321 e. The lowest BCUT2D eigenvalue weighted by atomic mass is 9.90. The Hall–Kier alpha value is -2.87. The van der Waals surface area contributed by atoms with Crippen LogP contribution in [0, 0.1) is 0 Å². The number of hydrogen-bond donors (Lipinski definition) is 0. The van der Waals surface area contributed by atoms with Crippen LogP contribution in [0.2, 0.25) is 0 Å². The van der Waals surface area contributed by atoms with E-state index in [4.69, 9.17) is 14.2 Å². The number of carbonyl (C=O) groups excluding carboxylic acids is 2. The molecule has 28 heavy (non-hydrogen) atoms. The summed E-state index contributed by atoms with van der Waals surface area (Å²) in [5.41, 5.74) is 0.577. The zero-order valence-corrected chi connectivity index (χ0v) is 16.9. The van der Waals surface area contributed by atoms with Gasteiger partial charge < -0.3 is 14.2 Å². The van der Waals surface area contributed by atoms with Crippen molar-refractivity contribution in [1.82, 2.24) is 0 Å². The van der Waals surface area contributed by atoms with Crippen LogP contribution in [0.25, 0.3) is 0 Å². The van der Waals surface area contributed by atoms with Crippen molar-refractivity contribution in [2.75, 3.05) is 27.1 Å². The van der Waals surface area contributed by atoms with Crippen LogP contribution in [0.3, 0.4) is 0 Å². The SMILES string of the molecule is CCOC(=O)C(C(=O)c1ccc(S(C)(=O)=O)cc1)c1ccc(OC)c(OC)c1. The topological polar surface area (TPSA) is 96.0 Å². The average Bonchev–Trinajstić information content (AvgIpc) is 2.67. The first-order chi connectivity index (χ1) is 13.2. The predicted octanol–water partition coefficient (Wildman–Crippen LogP) is 2.64. The molecule has 150 valence electrons. The van der Waals surface area contributed by atoms with Crippen LogP contribution in [0.4, 0.5) is 0 Å². The van der Waals surface area contributed by atoms with Crippen LogP contribution in [0.5, 0.6) is 11.5 Å². The monoisotopic (exact) mass is 406 g/mol. The summed E-state index contributed by atoms with van der Waals surface area (Å²) in [6.07, 6.45) is 1.08. The van der Waals surface area contributed by atoms with Crippen LogP contribution >= 0.6 is 0 Å². The lowest BCUT2D eigenvalue weighted by Crippen LogP contribution is -2.24. The standard InChI is InChI=1S/C20H22O7S/c1-5-27-20(22)18(14-8-11-16(25-2)17(12-14)26-3)19(21)13-6-9-15(10-7-13)28(4,23)24/h6-12,18H,5H2,1-4H3. The zero-order chi connectivity index (χ0) is 20.9. The molecule has 2 rings (SSSR count). The van der Waals surface area contributed by atoms with Crippen LogP contribution in [0.1, 0.15) is 28.8 Å². The van der Waals surface area contributed by atoms with E-state index in [1.807, 2.05) is 0 Å². The van der Waals surface area contributed by atoms with E-state index in [2.05, 4.69) is 0 Å². The van der Waals surface area contributed by atoms with Gasteiger partial charge in [0, 0.05) is 11.8 Å². The van der Waals surface area contributed by atoms with Gasteiger partial charge in [0.15, 0.2) is 27.1 Å². The van der Waals surface area contributed by atoms with Crippen molar-refractivity contribution in [2.45, 2.75) is 17.7 Å². The lowest BCUT2D eigenvalue weighted by molar-refractivity contribution is -0.143. The molecule has 1 atom stereocenters. The van der Waals surface area contributed by atoms with E-state index in [9.17, 15) is 18.0 Å². The number of sulfone groups is 1. The van der Waals surface area contributed by atoms with Crippen molar-refractivity contribution in [2.24, 2.45) is 0 Å². The number of ketones is 1. The van der Waals surface area contributed by atoms with Crippen LogP contribution in [0.15, 0.2) is 47.4 Å². The molecule has 0 spiro atoms. The fraction of sp³-hybridized carbons (Fsp3) is 0.300. The second-order valence-corrected chi connectivity index (χ2v) is 7.98. The van der Waals surface area contributed by atoms with Crippen LogP contribution in [-0.4, -0.2) is 47.3 Å². The number of carbonyl (C=O) groups is 2. The summed E-state index contributed by atoms with van der Waals surface area (Å²) in [5.74, 6) is -1.60. The Morgan fingerprint density at radius 1 is 0.964 bits per heavy atom. The number of ether oxygens (including phenoxy) is 3. The normalized spacial score (nSPS) is 12.1. The fourth-order valence-corrected chi connectivity index (χ4v) is 3.32. The van der Waals surface area contributed by atoms with Crippen molar-refractivity contribution in [3.05, 3.63) is 53.6 Å². The number of benzene rings is 2.